The lowest BCUT2D eigenvalue weighted by Gasteiger charge is -2.34. The maximum absolute atomic E-state index is 13.0. The second-order valence-electron chi connectivity index (χ2n) is 8.67. The third kappa shape index (κ3) is 5.51. The van der Waals surface area contributed by atoms with Crippen molar-refractivity contribution >= 4 is 11.9 Å². The molecule has 0 saturated heterocycles. The van der Waals surface area contributed by atoms with Crippen LogP contribution in [-0.2, 0) is 20.9 Å². The lowest BCUT2D eigenvalue weighted by molar-refractivity contribution is -0.149. The summed E-state index contributed by atoms with van der Waals surface area (Å²) < 4.78 is 5.71. The fourth-order valence-electron chi connectivity index (χ4n) is 4.69. The molecule has 1 N–H and O–H groups in total. The highest BCUT2D eigenvalue weighted by atomic mass is 16.6. The zero-order valence-corrected chi connectivity index (χ0v) is 18.5. The topological polar surface area (TPSA) is 58.6 Å². The van der Waals surface area contributed by atoms with Gasteiger partial charge in [0.1, 0.15) is 5.60 Å². The number of esters is 1. The van der Waals surface area contributed by atoms with Crippen molar-refractivity contribution in [2.75, 3.05) is 19.6 Å². The molecule has 1 aliphatic heterocycles. The molecule has 164 valence electrons. The van der Waals surface area contributed by atoms with E-state index in [0.29, 0.717) is 17.7 Å². The van der Waals surface area contributed by atoms with Gasteiger partial charge in [0.15, 0.2) is 0 Å². The standard InChI is InChI=1S/C25H36N2O3/c1-3-4-17-27(19-21-12-7-5-8-13-21)18-11-16-26-23(28)22-20(2)24(29)30-25(22)14-9-6-10-15-25/h5,7-8,12-13H,3-4,6,9-11,14-19H2,1-2H3,(H,26,28). The summed E-state index contributed by atoms with van der Waals surface area (Å²) in [5.74, 6) is -0.445. The van der Waals surface area contributed by atoms with Crippen molar-refractivity contribution < 1.29 is 14.3 Å². The van der Waals surface area contributed by atoms with Gasteiger partial charge < -0.3 is 10.1 Å². The molecule has 1 aromatic carbocycles. The predicted octanol–water partition coefficient (Wildman–Crippen LogP) is 4.37. The predicted molar refractivity (Wildman–Crippen MR) is 119 cm³/mol. The molecule has 1 aliphatic carbocycles. The van der Waals surface area contributed by atoms with Crippen LogP contribution in [0.4, 0.5) is 0 Å². The van der Waals surface area contributed by atoms with Crippen LogP contribution in [0.1, 0.15) is 70.8 Å². The number of nitrogens with zero attached hydrogens (tertiary/aromatic N) is 1. The summed E-state index contributed by atoms with van der Waals surface area (Å²) in [6, 6.07) is 10.5. The van der Waals surface area contributed by atoms with Gasteiger partial charge in [0.25, 0.3) is 5.91 Å². The van der Waals surface area contributed by atoms with Crippen LogP contribution >= 0.6 is 0 Å². The number of amides is 1. The number of unbranched alkanes of at least 4 members (excludes halogenated alkanes) is 1. The molecule has 1 saturated carbocycles. The maximum atomic E-state index is 13.0. The molecule has 0 unspecified atom stereocenters. The second kappa shape index (κ2) is 10.8. The SMILES string of the molecule is CCCCN(CCCNC(=O)C1=C(C)C(=O)OC12CCCCC2)Cc1ccccc1. The number of ether oxygens (including phenoxy) is 1. The van der Waals surface area contributed by atoms with Crippen LogP contribution in [0, 0.1) is 0 Å². The molecule has 30 heavy (non-hydrogen) atoms. The van der Waals surface area contributed by atoms with Crippen LogP contribution in [-0.4, -0.2) is 42.0 Å². The molecule has 1 fully saturated rings. The van der Waals surface area contributed by atoms with Gasteiger partial charge in [-0.1, -0.05) is 50.1 Å². The first-order valence-electron chi connectivity index (χ1n) is 11.5. The van der Waals surface area contributed by atoms with Crippen molar-refractivity contribution in [2.24, 2.45) is 0 Å². The Morgan fingerprint density at radius 1 is 1.10 bits per heavy atom. The Morgan fingerprint density at radius 3 is 2.50 bits per heavy atom. The molecule has 2 aliphatic rings. The largest absolute Gasteiger partial charge is 0.451 e. The zero-order chi connectivity index (χ0) is 21.4. The summed E-state index contributed by atoms with van der Waals surface area (Å²) in [7, 11) is 0. The Balaban J connectivity index is 1.52. The molecule has 1 aromatic rings. The number of nitrogens with one attached hydrogen (secondary N) is 1. The van der Waals surface area contributed by atoms with E-state index in [4.69, 9.17) is 4.74 Å². The Morgan fingerprint density at radius 2 is 1.80 bits per heavy atom. The van der Waals surface area contributed by atoms with Crippen LogP contribution < -0.4 is 5.32 Å². The average Bonchev–Trinajstić information content (AvgIpc) is 2.99. The molecule has 0 radical (unpaired) electrons. The number of carbonyl (C=O) groups is 2. The smallest absolute Gasteiger partial charge is 0.335 e. The molecular formula is C25H36N2O3. The van der Waals surface area contributed by atoms with Gasteiger partial charge in [-0.25, -0.2) is 4.79 Å². The Hall–Kier alpha value is -2.14. The molecule has 5 heteroatoms. The third-order valence-corrected chi connectivity index (χ3v) is 6.33. The first kappa shape index (κ1) is 22.5. The lowest BCUT2D eigenvalue weighted by atomic mass is 9.78. The fraction of sp³-hybridized carbons (Fsp3) is 0.600. The van der Waals surface area contributed by atoms with Crippen molar-refractivity contribution in [3.8, 4) is 0 Å². The van der Waals surface area contributed by atoms with E-state index in [1.807, 2.05) is 6.07 Å². The third-order valence-electron chi connectivity index (χ3n) is 6.33. The van der Waals surface area contributed by atoms with Crippen LogP contribution in [0.2, 0.25) is 0 Å². The quantitative estimate of drug-likeness (QED) is 0.458. The first-order valence-corrected chi connectivity index (χ1v) is 11.5. The lowest BCUT2D eigenvalue weighted by Crippen LogP contribution is -2.41. The molecular weight excluding hydrogens is 376 g/mol. The van der Waals surface area contributed by atoms with E-state index in [1.165, 1.54) is 18.4 Å². The van der Waals surface area contributed by atoms with Gasteiger partial charge in [-0.3, -0.25) is 9.69 Å². The summed E-state index contributed by atoms with van der Waals surface area (Å²) in [5, 5.41) is 3.07. The minimum absolute atomic E-state index is 0.122. The number of benzene rings is 1. The van der Waals surface area contributed by atoms with Gasteiger partial charge in [-0.15, -0.1) is 0 Å². The number of carbonyl (C=O) groups excluding carboxylic acids is 2. The van der Waals surface area contributed by atoms with Crippen LogP contribution in [0.3, 0.4) is 0 Å². The van der Waals surface area contributed by atoms with Crippen molar-refractivity contribution in [1.29, 1.82) is 0 Å². The summed E-state index contributed by atoms with van der Waals surface area (Å²) in [5.41, 5.74) is 1.71. The molecule has 1 heterocycles. The maximum Gasteiger partial charge on any atom is 0.335 e. The van der Waals surface area contributed by atoms with Gasteiger partial charge in [0, 0.05) is 25.2 Å². The molecule has 5 nitrogen and oxygen atoms in total. The highest BCUT2D eigenvalue weighted by molar-refractivity contribution is 6.07. The van der Waals surface area contributed by atoms with Crippen LogP contribution in [0.25, 0.3) is 0 Å². The van der Waals surface area contributed by atoms with Gasteiger partial charge in [-0.2, -0.15) is 0 Å². The van der Waals surface area contributed by atoms with E-state index in [1.54, 1.807) is 6.92 Å². The second-order valence-corrected chi connectivity index (χ2v) is 8.67. The Kier molecular flexibility index (Phi) is 8.08. The summed E-state index contributed by atoms with van der Waals surface area (Å²) >= 11 is 0. The molecule has 0 bridgehead atoms. The molecule has 1 amide bonds. The minimum atomic E-state index is -0.677. The van der Waals surface area contributed by atoms with Gasteiger partial charge >= 0.3 is 5.97 Å². The monoisotopic (exact) mass is 412 g/mol. The molecule has 1 spiro atoms. The summed E-state index contributed by atoms with van der Waals surface area (Å²) in [6.07, 6.45) is 7.91. The average molecular weight is 413 g/mol. The molecule has 0 atom stereocenters. The molecule has 3 rings (SSSR count). The fourth-order valence-corrected chi connectivity index (χ4v) is 4.69. The number of rotatable bonds is 10. The first-order chi connectivity index (χ1) is 14.6. The highest BCUT2D eigenvalue weighted by Gasteiger charge is 2.49. The number of hydrogen-bond acceptors (Lipinski definition) is 4. The number of hydrogen-bond donors (Lipinski definition) is 1. The van der Waals surface area contributed by atoms with Gasteiger partial charge in [0.2, 0.25) is 0 Å². The van der Waals surface area contributed by atoms with Crippen LogP contribution in [0.15, 0.2) is 41.5 Å². The van der Waals surface area contributed by atoms with Crippen molar-refractivity contribution in [1.82, 2.24) is 10.2 Å². The van der Waals surface area contributed by atoms with E-state index in [-0.39, 0.29) is 11.9 Å². The summed E-state index contributed by atoms with van der Waals surface area (Å²) in [4.78, 5) is 27.6. The van der Waals surface area contributed by atoms with Crippen molar-refractivity contribution in [3.63, 3.8) is 0 Å². The van der Waals surface area contributed by atoms with E-state index in [2.05, 4.69) is 41.4 Å². The van der Waals surface area contributed by atoms with E-state index < -0.39 is 5.60 Å². The van der Waals surface area contributed by atoms with Crippen molar-refractivity contribution in [2.45, 2.75) is 77.4 Å². The molecule has 0 aromatic heterocycles. The van der Waals surface area contributed by atoms with E-state index >= 15 is 0 Å². The van der Waals surface area contributed by atoms with Crippen LogP contribution in [0.5, 0.6) is 0 Å². The normalized spacial score (nSPS) is 18.2. The zero-order valence-electron chi connectivity index (χ0n) is 18.5. The van der Waals surface area contributed by atoms with E-state index in [0.717, 1.165) is 58.2 Å². The van der Waals surface area contributed by atoms with Crippen molar-refractivity contribution in [3.05, 3.63) is 47.0 Å². The summed E-state index contributed by atoms with van der Waals surface area (Å²) in [6.45, 7) is 7.49. The van der Waals surface area contributed by atoms with Gasteiger partial charge in [0.05, 0.1) is 5.57 Å². The Labute approximate surface area is 180 Å². The highest BCUT2D eigenvalue weighted by Crippen LogP contribution is 2.43. The Bertz CT molecular complexity index is 751. The van der Waals surface area contributed by atoms with E-state index in [9.17, 15) is 9.59 Å². The van der Waals surface area contributed by atoms with Gasteiger partial charge in [-0.05, 0) is 57.6 Å². The minimum Gasteiger partial charge on any atom is -0.451 e.